The number of nitriles is 1. The van der Waals surface area contributed by atoms with Gasteiger partial charge in [-0.1, -0.05) is 0 Å². The van der Waals surface area contributed by atoms with Crippen LogP contribution >= 0.6 is 0 Å². The highest BCUT2D eigenvalue weighted by atomic mass is 19.1. The fourth-order valence-corrected chi connectivity index (χ4v) is 2.77. The van der Waals surface area contributed by atoms with Crippen molar-refractivity contribution in [2.75, 3.05) is 51.2 Å². The molecule has 0 aromatic heterocycles. The van der Waals surface area contributed by atoms with Gasteiger partial charge >= 0.3 is 0 Å². The number of halogens is 1. The third-order valence-electron chi connectivity index (χ3n) is 4.04. The molecule has 2 rings (SSSR count). The van der Waals surface area contributed by atoms with Crippen molar-refractivity contribution in [3.63, 3.8) is 0 Å². The first-order valence-corrected chi connectivity index (χ1v) is 7.86. The molecule has 0 N–H and O–H groups in total. The molecular weight excluding hydrogens is 295 g/mol. The maximum atomic E-state index is 13.0. The smallest absolute Gasteiger partial charge is 0.236 e. The monoisotopic (exact) mass is 318 g/mol. The van der Waals surface area contributed by atoms with Crippen LogP contribution in [-0.4, -0.2) is 62.0 Å². The molecule has 1 aliphatic heterocycles. The van der Waals surface area contributed by atoms with Crippen molar-refractivity contribution in [3.8, 4) is 6.07 Å². The summed E-state index contributed by atoms with van der Waals surface area (Å²) in [5.41, 5.74) is 0.985. The number of carbonyl (C=O) groups is 1. The first-order valence-electron chi connectivity index (χ1n) is 7.86. The summed E-state index contributed by atoms with van der Waals surface area (Å²) in [6, 6.07) is 8.63. The molecule has 0 spiro atoms. The van der Waals surface area contributed by atoms with Crippen molar-refractivity contribution in [2.45, 2.75) is 6.92 Å². The van der Waals surface area contributed by atoms with Crippen LogP contribution in [0.5, 0.6) is 0 Å². The molecule has 1 unspecified atom stereocenters. The zero-order chi connectivity index (χ0) is 16.8. The topological polar surface area (TPSA) is 50.6 Å². The van der Waals surface area contributed by atoms with Crippen LogP contribution in [0.2, 0.25) is 0 Å². The maximum absolute atomic E-state index is 13.0. The standard InChI is InChI=1S/C17H23FN4O/c1-14(11-19)12-20(2)13-17(23)22-9-7-21(8-10-22)16-5-3-15(18)4-6-16/h3-6,14H,7-10,12-13H2,1-2H3. The minimum atomic E-state index is -0.239. The van der Waals surface area contributed by atoms with Gasteiger partial charge in [0.05, 0.1) is 18.5 Å². The summed E-state index contributed by atoms with van der Waals surface area (Å²) in [6.45, 7) is 5.60. The fourth-order valence-electron chi connectivity index (χ4n) is 2.77. The number of rotatable bonds is 5. The van der Waals surface area contributed by atoms with E-state index >= 15 is 0 Å². The highest BCUT2D eigenvalue weighted by Gasteiger charge is 2.22. The normalized spacial score (nSPS) is 16.3. The molecule has 1 atom stereocenters. The Morgan fingerprint density at radius 1 is 1.30 bits per heavy atom. The maximum Gasteiger partial charge on any atom is 0.236 e. The van der Waals surface area contributed by atoms with Crippen LogP contribution in [0.25, 0.3) is 0 Å². The quantitative estimate of drug-likeness (QED) is 0.827. The lowest BCUT2D eigenvalue weighted by Crippen LogP contribution is -2.51. The van der Waals surface area contributed by atoms with Crippen molar-refractivity contribution in [2.24, 2.45) is 5.92 Å². The molecule has 1 fully saturated rings. The van der Waals surface area contributed by atoms with Crippen LogP contribution in [-0.2, 0) is 4.79 Å². The fraction of sp³-hybridized carbons (Fsp3) is 0.529. The molecule has 1 aromatic carbocycles. The Hall–Kier alpha value is -2.13. The van der Waals surface area contributed by atoms with Gasteiger partial charge in [-0.05, 0) is 38.2 Å². The van der Waals surface area contributed by atoms with Crippen LogP contribution in [0.3, 0.4) is 0 Å². The number of hydrogen-bond acceptors (Lipinski definition) is 4. The minimum Gasteiger partial charge on any atom is -0.368 e. The number of nitrogens with zero attached hydrogens (tertiary/aromatic N) is 4. The summed E-state index contributed by atoms with van der Waals surface area (Å²) in [4.78, 5) is 18.2. The van der Waals surface area contributed by atoms with E-state index in [1.807, 2.05) is 23.8 Å². The van der Waals surface area contributed by atoms with Crippen LogP contribution in [0.15, 0.2) is 24.3 Å². The van der Waals surface area contributed by atoms with Gasteiger partial charge in [-0.15, -0.1) is 0 Å². The summed E-state index contributed by atoms with van der Waals surface area (Å²) in [5.74, 6) is -0.225. The van der Waals surface area contributed by atoms with E-state index < -0.39 is 0 Å². The van der Waals surface area contributed by atoms with Gasteiger partial charge in [0.2, 0.25) is 5.91 Å². The van der Waals surface area contributed by atoms with E-state index in [9.17, 15) is 9.18 Å². The number of carbonyl (C=O) groups excluding carboxylic acids is 1. The number of hydrogen-bond donors (Lipinski definition) is 0. The lowest BCUT2D eigenvalue weighted by molar-refractivity contribution is -0.132. The van der Waals surface area contributed by atoms with Crippen molar-refractivity contribution in [3.05, 3.63) is 30.1 Å². The van der Waals surface area contributed by atoms with Gasteiger partial charge in [-0.3, -0.25) is 9.69 Å². The second-order valence-electron chi connectivity index (χ2n) is 6.07. The van der Waals surface area contributed by atoms with Crippen molar-refractivity contribution < 1.29 is 9.18 Å². The minimum absolute atomic E-state index is 0.0804. The Balaban J connectivity index is 1.80. The molecule has 0 bridgehead atoms. The molecule has 0 aliphatic carbocycles. The molecule has 1 aromatic rings. The van der Waals surface area contributed by atoms with Crippen LogP contribution < -0.4 is 4.90 Å². The molecule has 5 nitrogen and oxygen atoms in total. The SMILES string of the molecule is CC(C#N)CN(C)CC(=O)N1CCN(c2ccc(F)cc2)CC1. The number of anilines is 1. The van der Waals surface area contributed by atoms with Gasteiger partial charge < -0.3 is 9.80 Å². The first-order chi connectivity index (χ1) is 11.0. The Labute approximate surface area is 136 Å². The van der Waals surface area contributed by atoms with E-state index in [1.54, 1.807) is 12.1 Å². The van der Waals surface area contributed by atoms with Gasteiger partial charge in [0.25, 0.3) is 0 Å². The summed E-state index contributed by atoms with van der Waals surface area (Å²) in [6.07, 6.45) is 0. The third-order valence-corrected chi connectivity index (χ3v) is 4.04. The molecule has 1 aliphatic rings. The van der Waals surface area contributed by atoms with Gasteiger partial charge in [-0.25, -0.2) is 4.39 Å². The Bertz CT molecular complexity index is 561. The number of piperazine rings is 1. The molecule has 124 valence electrons. The average molecular weight is 318 g/mol. The van der Waals surface area contributed by atoms with E-state index in [2.05, 4.69) is 11.0 Å². The van der Waals surface area contributed by atoms with Gasteiger partial charge in [0, 0.05) is 38.4 Å². The van der Waals surface area contributed by atoms with E-state index in [-0.39, 0.29) is 17.6 Å². The van der Waals surface area contributed by atoms with Gasteiger partial charge in [-0.2, -0.15) is 5.26 Å². The lowest BCUT2D eigenvalue weighted by atomic mass is 10.2. The average Bonchev–Trinajstić information content (AvgIpc) is 2.55. The largest absolute Gasteiger partial charge is 0.368 e. The highest BCUT2D eigenvalue weighted by molar-refractivity contribution is 5.78. The summed E-state index contributed by atoms with van der Waals surface area (Å²) in [7, 11) is 1.86. The zero-order valence-corrected chi connectivity index (χ0v) is 13.7. The zero-order valence-electron chi connectivity index (χ0n) is 13.7. The van der Waals surface area contributed by atoms with Gasteiger partial charge in [0.1, 0.15) is 5.82 Å². The van der Waals surface area contributed by atoms with Crippen molar-refractivity contribution in [1.82, 2.24) is 9.80 Å². The van der Waals surface area contributed by atoms with Crippen LogP contribution in [0.4, 0.5) is 10.1 Å². The number of likely N-dealkylation sites (N-methyl/N-ethyl adjacent to an activating group) is 1. The summed E-state index contributed by atoms with van der Waals surface area (Å²) < 4.78 is 13.0. The van der Waals surface area contributed by atoms with Crippen LogP contribution in [0, 0.1) is 23.1 Å². The number of benzene rings is 1. The molecule has 1 amide bonds. The molecule has 23 heavy (non-hydrogen) atoms. The van der Waals surface area contributed by atoms with E-state index in [4.69, 9.17) is 5.26 Å². The first kappa shape index (κ1) is 17.2. The van der Waals surface area contributed by atoms with E-state index in [1.165, 1.54) is 12.1 Å². The Morgan fingerprint density at radius 3 is 2.48 bits per heavy atom. The van der Waals surface area contributed by atoms with Crippen molar-refractivity contribution >= 4 is 11.6 Å². The van der Waals surface area contributed by atoms with Crippen molar-refractivity contribution in [1.29, 1.82) is 5.26 Å². The molecule has 1 heterocycles. The molecular formula is C17H23FN4O. The predicted octanol–water partition coefficient (Wildman–Crippen LogP) is 1.57. The Kier molecular flexibility index (Phi) is 5.94. The Morgan fingerprint density at radius 2 is 1.91 bits per heavy atom. The predicted molar refractivity (Wildman–Crippen MR) is 87.5 cm³/mol. The summed E-state index contributed by atoms with van der Waals surface area (Å²) >= 11 is 0. The third kappa shape index (κ3) is 4.93. The van der Waals surface area contributed by atoms with E-state index in [0.717, 1.165) is 18.8 Å². The molecule has 0 radical (unpaired) electrons. The second-order valence-corrected chi connectivity index (χ2v) is 6.07. The highest BCUT2D eigenvalue weighted by Crippen LogP contribution is 2.17. The molecule has 1 saturated heterocycles. The second kappa shape index (κ2) is 7.93. The lowest BCUT2D eigenvalue weighted by Gasteiger charge is -2.36. The van der Waals surface area contributed by atoms with Gasteiger partial charge in [0.15, 0.2) is 0 Å². The number of amides is 1. The molecule has 0 saturated carbocycles. The van der Waals surface area contributed by atoms with E-state index in [0.29, 0.717) is 26.2 Å². The summed E-state index contributed by atoms with van der Waals surface area (Å²) in [5, 5.41) is 8.82. The van der Waals surface area contributed by atoms with Crippen LogP contribution in [0.1, 0.15) is 6.92 Å². The molecule has 6 heteroatoms.